The molecule has 0 atom stereocenters. The lowest BCUT2D eigenvalue weighted by molar-refractivity contribution is -0.127. The van der Waals surface area contributed by atoms with Gasteiger partial charge in [-0.1, -0.05) is 29.8 Å². The van der Waals surface area contributed by atoms with Crippen molar-refractivity contribution in [1.82, 2.24) is 9.78 Å². The van der Waals surface area contributed by atoms with Gasteiger partial charge in [0.2, 0.25) is 5.91 Å². The van der Waals surface area contributed by atoms with Crippen LogP contribution in [0.15, 0.2) is 42.5 Å². The number of rotatable bonds is 3. The molecule has 0 unspecified atom stereocenters. The van der Waals surface area contributed by atoms with Gasteiger partial charge in [0.15, 0.2) is 5.69 Å². The molecule has 2 heterocycles. The lowest BCUT2D eigenvalue weighted by atomic mass is 9.71. The summed E-state index contributed by atoms with van der Waals surface area (Å²) in [6.45, 7) is 0.575. The maximum Gasteiger partial charge on any atom is 0.269 e. The Morgan fingerprint density at radius 3 is 2.61 bits per heavy atom. The molecular weight excluding hydrogens is 419 g/mol. The molecule has 8 heteroatoms. The number of para-hydroxylation sites is 1. The molecule has 0 radical (unpaired) electrons. The third kappa shape index (κ3) is 3.19. The van der Waals surface area contributed by atoms with Gasteiger partial charge in [-0.05, 0) is 56.4 Å². The first-order chi connectivity index (χ1) is 14.9. The van der Waals surface area contributed by atoms with E-state index in [0.29, 0.717) is 12.2 Å². The van der Waals surface area contributed by atoms with Crippen molar-refractivity contribution in [3.63, 3.8) is 0 Å². The number of amides is 2. The summed E-state index contributed by atoms with van der Waals surface area (Å²) in [4.78, 5) is 26.9. The summed E-state index contributed by atoms with van der Waals surface area (Å²) < 4.78 is 15.3. The van der Waals surface area contributed by atoms with Gasteiger partial charge in [0, 0.05) is 11.9 Å². The zero-order chi connectivity index (χ0) is 21.8. The van der Waals surface area contributed by atoms with Gasteiger partial charge in [0.05, 0.1) is 27.7 Å². The number of halogens is 2. The Labute approximate surface area is 183 Å². The fourth-order valence-electron chi connectivity index (χ4n) is 5.16. The molecule has 5 rings (SSSR count). The van der Waals surface area contributed by atoms with Crippen molar-refractivity contribution in [2.24, 2.45) is 11.1 Å². The highest BCUT2D eigenvalue weighted by Gasteiger charge is 2.49. The van der Waals surface area contributed by atoms with E-state index in [2.05, 4.69) is 5.10 Å². The maximum absolute atomic E-state index is 13.4. The van der Waals surface area contributed by atoms with Crippen LogP contribution in [-0.2, 0) is 4.79 Å². The van der Waals surface area contributed by atoms with Crippen molar-refractivity contribution in [2.75, 3.05) is 11.4 Å². The van der Waals surface area contributed by atoms with Crippen LogP contribution in [0.5, 0.6) is 0 Å². The third-order valence-corrected chi connectivity index (χ3v) is 7.12. The van der Waals surface area contributed by atoms with E-state index in [1.54, 1.807) is 11.0 Å². The van der Waals surface area contributed by atoms with Crippen LogP contribution in [-0.4, -0.2) is 28.1 Å². The largest absolute Gasteiger partial charge is 0.364 e. The minimum Gasteiger partial charge on any atom is -0.364 e. The van der Waals surface area contributed by atoms with Gasteiger partial charge in [0.25, 0.3) is 5.91 Å². The highest BCUT2D eigenvalue weighted by Crippen LogP contribution is 2.49. The van der Waals surface area contributed by atoms with Crippen molar-refractivity contribution in [3.8, 4) is 0 Å². The Balaban J connectivity index is 1.38. The highest BCUT2D eigenvalue weighted by atomic mass is 35.5. The first-order valence-corrected chi connectivity index (χ1v) is 10.8. The summed E-state index contributed by atoms with van der Waals surface area (Å²) in [5.41, 5.74) is 6.83. The van der Waals surface area contributed by atoms with Crippen LogP contribution < -0.4 is 10.6 Å². The van der Waals surface area contributed by atoms with Crippen molar-refractivity contribution in [2.45, 2.75) is 38.1 Å². The average Bonchev–Trinajstić information content (AvgIpc) is 3.29. The summed E-state index contributed by atoms with van der Waals surface area (Å²) in [6.07, 6.45) is 3.76. The summed E-state index contributed by atoms with van der Waals surface area (Å²) >= 11 is 6.21. The number of hydrogen-bond donors (Lipinski definition) is 1. The van der Waals surface area contributed by atoms with E-state index in [0.717, 1.165) is 43.0 Å². The molecule has 31 heavy (non-hydrogen) atoms. The number of nitrogens with zero attached hydrogens (tertiary/aromatic N) is 3. The number of primary amides is 1. The molecular formula is C23H22ClFN4O2. The van der Waals surface area contributed by atoms with Crippen LogP contribution in [0.1, 0.15) is 48.6 Å². The lowest BCUT2D eigenvalue weighted by Crippen LogP contribution is -2.38. The van der Waals surface area contributed by atoms with Gasteiger partial charge >= 0.3 is 0 Å². The number of nitrogens with two attached hydrogens (primary N) is 1. The fraction of sp³-hybridized carbons (Fsp3) is 0.348. The molecule has 1 aliphatic heterocycles. The summed E-state index contributed by atoms with van der Waals surface area (Å²) in [6, 6.07) is 11.8. The molecule has 2 amide bonds. The molecule has 1 saturated carbocycles. The number of carbonyl (C=O) groups excluding carboxylic acids is 2. The quantitative estimate of drug-likeness (QED) is 0.652. The topological polar surface area (TPSA) is 81.2 Å². The van der Waals surface area contributed by atoms with E-state index < -0.39 is 17.1 Å². The van der Waals surface area contributed by atoms with Gasteiger partial charge in [-0.3, -0.25) is 14.3 Å². The molecule has 2 N–H and O–H groups in total. The monoisotopic (exact) mass is 440 g/mol. The Morgan fingerprint density at radius 2 is 1.90 bits per heavy atom. The van der Waals surface area contributed by atoms with E-state index in [4.69, 9.17) is 17.3 Å². The molecule has 1 aromatic heterocycles. The van der Waals surface area contributed by atoms with Crippen LogP contribution in [0.3, 0.4) is 0 Å². The number of hydrogen-bond acceptors (Lipinski definition) is 3. The smallest absolute Gasteiger partial charge is 0.269 e. The second-order valence-corrected chi connectivity index (χ2v) is 8.90. The maximum atomic E-state index is 13.4. The van der Waals surface area contributed by atoms with Crippen LogP contribution in [0.4, 0.5) is 10.1 Å². The van der Waals surface area contributed by atoms with Crippen LogP contribution >= 0.6 is 11.6 Å². The minimum atomic E-state index is -0.542. The second kappa shape index (κ2) is 7.34. The molecule has 1 spiro atoms. The van der Waals surface area contributed by atoms with E-state index >= 15 is 0 Å². The first-order valence-electron chi connectivity index (χ1n) is 10.4. The molecule has 1 saturated heterocycles. The van der Waals surface area contributed by atoms with Crippen LogP contribution in [0, 0.1) is 11.2 Å². The average molecular weight is 441 g/mol. The molecule has 2 aromatic carbocycles. The summed E-state index contributed by atoms with van der Waals surface area (Å²) in [5.74, 6) is -0.903. The minimum absolute atomic E-state index is 0.0580. The van der Waals surface area contributed by atoms with Crippen LogP contribution in [0.2, 0.25) is 5.02 Å². The van der Waals surface area contributed by atoms with E-state index in [1.165, 1.54) is 12.1 Å². The van der Waals surface area contributed by atoms with E-state index in [9.17, 15) is 14.0 Å². The lowest BCUT2D eigenvalue weighted by Gasteiger charge is -2.36. The number of carbonyl (C=O) groups is 2. The predicted molar refractivity (Wildman–Crippen MR) is 117 cm³/mol. The molecule has 2 fully saturated rings. The second-order valence-electron chi connectivity index (χ2n) is 8.49. The summed E-state index contributed by atoms with van der Waals surface area (Å²) in [5, 5.41) is 5.53. The molecule has 0 bridgehead atoms. The molecule has 2 aliphatic rings. The SMILES string of the molecule is NC(=O)c1nn(C2CCC3(CC2)CCN(c2ccc(F)cc2Cl)C3=O)c2ccccc12. The van der Waals surface area contributed by atoms with Crippen molar-refractivity contribution in [1.29, 1.82) is 0 Å². The Bertz CT molecular complexity index is 1200. The van der Waals surface area contributed by atoms with Crippen molar-refractivity contribution in [3.05, 3.63) is 59.0 Å². The summed E-state index contributed by atoms with van der Waals surface area (Å²) in [7, 11) is 0. The highest BCUT2D eigenvalue weighted by molar-refractivity contribution is 6.34. The van der Waals surface area contributed by atoms with Crippen LogP contribution in [0.25, 0.3) is 10.9 Å². The van der Waals surface area contributed by atoms with Gasteiger partial charge in [-0.25, -0.2) is 4.39 Å². The van der Waals surface area contributed by atoms with Gasteiger partial charge in [0.1, 0.15) is 5.82 Å². The van der Waals surface area contributed by atoms with E-state index in [-0.39, 0.29) is 22.7 Å². The molecule has 1 aliphatic carbocycles. The number of aromatic nitrogens is 2. The predicted octanol–water partition coefficient (Wildman–Crippen LogP) is 4.47. The zero-order valence-corrected chi connectivity index (χ0v) is 17.6. The number of fused-ring (bicyclic) bond motifs is 1. The standard InChI is InChI=1S/C23H22ClFN4O2/c24-17-13-14(25)5-6-19(17)28-12-11-23(22(28)31)9-7-15(8-10-23)29-18-4-2-1-3-16(18)20(27-29)21(26)30/h1-6,13,15H,7-12H2,(H2,26,30). The van der Waals surface area contributed by atoms with Gasteiger partial charge in [-0.15, -0.1) is 0 Å². The van der Waals surface area contributed by atoms with Gasteiger partial charge < -0.3 is 10.6 Å². The third-order valence-electron chi connectivity index (χ3n) is 6.82. The Morgan fingerprint density at radius 1 is 1.16 bits per heavy atom. The van der Waals surface area contributed by atoms with Crippen molar-refractivity contribution < 1.29 is 14.0 Å². The van der Waals surface area contributed by atoms with Gasteiger partial charge in [-0.2, -0.15) is 5.10 Å². The number of benzene rings is 2. The Hall–Kier alpha value is -2.93. The normalized spacial score (nSPS) is 23.7. The molecule has 6 nitrogen and oxygen atoms in total. The Kier molecular flexibility index (Phi) is 4.73. The first kappa shape index (κ1) is 20.0. The zero-order valence-electron chi connectivity index (χ0n) is 16.9. The fourth-order valence-corrected chi connectivity index (χ4v) is 5.43. The molecule has 160 valence electrons. The van der Waals surface area contributed by atoms with E-state index in [1.807, 2.05) is 28.9 Å². The molecule has 3 aromatic rings. The van der Waals surface area contributed by atoms with Crippen molar-refractivity contribution >= 4 is 40.0 Å². The number of anilines is 1.